The summed E-state index contributed by atoms with van der Waals surface area (Å²) in [7, 11) is 6.23. The summed E-state index contributed by atoms with van der Waals surface area (Å²) in [6.45, 7) is 8.56. The van der Waals surface area contributed by atoms with Gasteiger partial charge in [0.05, 0.1) is 6.10 Å². The molecule has 0 aromatic carbocycles. The quantitative estimate of drug-likeness (QED) is 0.701. The molecule has 1 aliphatic heterocycles. The molecule has 0 aromatic heterocycles. The fourth-order valence-corrected chi connectivity index (χ4v) is 2.97. The molecule has 18 heavy (non-hydrogen) atoms. The topological polar surface area (TPSA) is 38.7 Å². The number of β-amino-alcohol motifs (C(OH)–C–C–N with tert-alkyl or cyclic N) is 1. The largest absolute Gasteiger partial charge is 0.392 e. The Morgan fingerprint density at radius 1 is 1.44 bits per heavy atom. The van der Waals surface area contributed by atoms with Gasteiger partial charge in [0.25, 0.3) is 0 Å². The number of rotatable bonds is 7. The molecule has 1 rings (SSSR count). The predicted octanol–water partition coefficient (Wildman–Crippen LogP) is 0.619. The summed E-state index contributed by atoms with van der Waals surface area (Å²) in [5.41, 5.74) is 0.295. The van der Waals surface area contributed by atoms with Crippen LogP contribution in [-0.2, 0) is 0 Å². The van der Waals surface area contributed by atoms with Crippen molar-refractivity contribution in [2.24, 2.45) is 5.41 Å². The van der Waals surface area contributed by atoms with E-state index in [0.717, 1.165) is 39.0 Å². The molecule has 0 saturated carbocycles. The zero-order valence-electron chi connectivity index (χ0n) is 12.7. The van der Waals surface area contributed by atoms with Gasteiger partial charge < -0.3 is 15.3 Å². The van der Waals surface area contributed by atoms with Crippen LogP contribution in [0.15, 0.2) is 0 Å². The summed E-state index contributed by atoms with van der Waals surface area (Å²) in [6.07, 6.45) is 1.93. The SMILES string of the molecule is CCC(C)(CNC)CN1CC(O)CC1CN(C)C. The molecule has 1 fully saturated rings. The number of hydrogen-bond donors (Lipinski definition) is 2. The molecule has 4 heteroatoms. The highest BCUT2D eigenvalue weighted by Crippen LogP contribution is 2.27. The maximum absolute atomic E-state index is 9.91. The summed E-state index contributed by atoms with van der Waals surface area (Å²) < 4.78 is 0. The number of likely N-dealkylation sites (N-methyl/N-ethyl adjacent to an activating group) is 1. The number of hydrogen-bond acceptors (Lipinski definition) is 4. The van der Waals surface area contributed by atoms with Crippen LogP contribution in [0.5, 0.6) is 0 Å². The van der Waals surface area contributed by atoms with Gasteiger partial charge >= 0.3 is 0 Å². The first-order valence-electron chi connectivity index (χ1n) is 7.11. The number of aliphatic hydroxyl groups is 1. The van der Waals surface area contributed by atoms with Gasteiger partial charge in [0, 0.05) is 32.2 Å². The third-order valence-corrected chi connectivity index (χ3v) is 4.12. The van der Waals surface area contributed by atoms with E-state index in [0.29, 0.717) is 11.5 Å². The van der Waals surface area contributed by atoms with E-state index in [4.69, 9.17) is 0 Å². The van der Waals surface area contributed by atoms with Gasteiger partial charge in [0.15, 0.2) is 0 Å². The van der Waals surface area contributed by atoms with Crippen molar-refractivity contribution in [3.8, 4) is 0 Å². The molecule has 3 unspecified atom stereocenters. The van der Waals surface area contributed by atoms with Crippen LogP contribution < -0.4 is 5.32 Å². The van der Waals surface area contributed by atoms with Crippen LogP contribution in [0, 0.1) is 5.41 Å². The molecular weight excluding hydrogens is 226 g/mol. The predicted molar refractivity (Wildman–Crippen MR) is 76.9 cm³/mol. The van der Waals surface area contributed by atoms with Crippen molar-refractivity contribution < 1.29 is 5.11 Å². The Morgan fingerprint density at radius 2 is 2.11 bits per heavy atom. The zero-order chi connectivity index (χ0) is 13.8. The van der Waals surface area contributed by atoms with Crippen LogP contribution in [0.3, 0.4) is 0 Å². The molecule has 0 bridgehead atoms. The van der Waals surface area contributed by atoms with E-state index >= 15 is 0 Å². The highest BCUT2D eigenvalue weighted by molar-refractivity contribution is 4.90. The van der Waals surface area contributed by atoms with E-state index in [2.05, 4.69) is 43.1 Å². The van der Waals surface area contributed by atoms with Crippen LogP contribution in [0.1, 0.15) is 26.7 Å². The second kappa shape index (κ2) is 6.85. The summed E-state index contributed by atoms with van der Waals surface area (Å²) in [4.78, 5) is 4.70. The second-order valence-electron chi connectivity index (χ2n) is 6.43. The summed E-state index contributed by atoms with van der Waals surface area (Å²) >= 11 is 0. The maximum Gasteiger partial charge on any atom is 0.0682 e. The standard InChI is InChI=1S/C14H31N3O/c1-6-14(2,10-15-3)11-17-9-13(18)7-12(17)8-16(4)5/h12-13,15,18H,6-11H2,1-5H3. The summed E-state index contributed by atoms with van der Waals surface area (Å²) in [6, 6.07) is 0.498. The van der Waals surface area contributed by atoms with Gasteiger partial charge in [0.2, 0.25) is 0 Å². The minimum Gasteiger partial charge on any atom is -0.392 e. The van der Waals surface area contributed by atoms with Crippen molar-refractivity contribution >= 4 is 0 Å². The van der Waals surface area contributed by atoms with Gasteiger partial charge in [-0.2, -0.15) is 0 Å². The van der Waals surface area contributed by atoms with Crippen LogP contribution in [0.4, 0.5) is 0 Å². The Kier molecular flexibility index (Phi) is 6.05. The van der Waals surface area contributed by atoms with Gasteiger partial charge in [-0.1, -0.05) is 13.8 Å². The molecular formula is C14H31N3O. The first kappa shape index (κ1) is 15.9. The van der Waals surface area contributed by atoms with Crippen molar-refractivity contribution in [3.63, 3.8) is 0 Å². The van der Waals surface area contributed by atoms with Gasteiger partial charge in [0.1, 0.15) is 0 Å². The first-order chi connectivity index (χ1) is 8.40. The third kappa shape index (κ3) is 4.50. The van der Waals surface area contributed by atoms with Crippen LogP contribution in [0.2, 0.25) is 0 Å². The highest BCUT2D eigenvalue weighted by Gasteiger charge is 2.35. The fraction of sp³-hybridized carbons (Fsp3) is 1.00. The molecule has 1 aliphatic rings. The lowest BCUT2D eigenvalue weighted by Gasteiger charge is -2.36. The maximum atomic E-state index is 9.91. The van der Waals surface area contributed by atoms with Crippen molar-refractivity contribution in [1.82, 2.24) is 15.1 Å². The van der Waals surface area contributed by atoms with E-state index in [1.165, 1.54) is 0 Å². The van der Waals surface area contributed by atoms with Crippen molar-refractivity contribution in [2.45, 2.75) is 38.8 Å². The lowest BCUT2D eigenvalue weighted by atomic mass is 9.86. The molecule has 0 spiro atoms. The molecule has 0 amide bonds. The minimum absolute atomic E-state index is 0.148. The van der Waals surface area contributed by atoms with Crippen LogP contribution >= 0.6 is 0 Å². The molecule has 1 saturated heterocycles. The number of aliphatic hydroxyl groups excluding tert-OH is 1. The number of likely N-dealkylation sites (tertiary alicyclic amines) is 1. The normalized spacial score (nSPS) is 28.8. The molecule has 2 N–H and O–H groups in total. The van der Waals surface area contributed by atoms with Crippen molar-refractivity contribution in [2.75, 3.05) is 47.3 Å². The molecule has 0 aliphatic carbocycles. The Hall–Kier alpha value is -0.160. The number of nitrogens with zero attached hydrogens (tertiary/aromatic N) is 2. The van der Waals surface area contributed by atoms with Gasteiger partial charge in [-0.05, 0) is 39.4 Å². The van der Waals surface area contributed by atoms with Gasteiger partial charge in [-0.15, -0.1) is 0 Å². The zero-order valence-corrected chi connectivity index (χ0v) is 12.7. The van der Waals surface area contributed by atoms with Crippen molar-refractivity contribution in [3.05, 3.63) is 0 Å². The average molecular weight is 257 g/mol. The number of nitrogens with one attached hydrogen (secondary N) is 1. The molecule has 4 nitrogen and oxygen atoms in total. The Balaban J connectivity index is 2.62. The first-order valence-corrected chi connectivity index (χ1v) is 7.11. The van der Waals surface area contributed by atoms with Crippen LogP contribution in [-0.4, -0.2) is 74.4 Å². The molecule has 0 aromatic rings. The van der Waals surface area contributed by atoms with Gasteiger partial charge in [-0.25, -0.2) is 0 Å². The van der Waals surface area contributed by atoms with E-state index in [9.17, 15) is 5.11 Å². The third-order valence-electron chi connectivity index (χ3n) is 4.12. The Morgan fingerprint density at radius 3 is 2.61 bits per heavy atom. The van der Waals surface area contributed by atoms with Crippen LogP contribution in [0.25, 0.3) is 0 Å². The monoisotopic (exact) mass is 257 g/mol. The van der Waals surface area contributed by atoms with E-state index < -0.39 is 0 Å². The second-order valence-corrected chi connectivity index (χ2v) is 6.43. The van der Waals surface area contributed by atoms with Crippen molar-refractivity contribution in [1.29, 1.82) is 0 Å². The molecule has 0 radical (unpaired) electrons. The fourth-order valence-electron chi connectivity index (χ4n) is 2.97. The van der Waals surface area contributed by atoms with E-state index in [1.54, 1.807) is 0 Å². The van der Waals surface area contributed by atoms with E-state index in [1.807, 2.05) is 7.05 Å². The summed E-state index contributed by atoms with van der Waals surface area (Å²) in [5.74, 6) is 0. The van der Waals surface area contributed by atoms with Gasteiger partial charge in [-0.3, -0.25) is 4.90 Å². The lowest BCUT2D eigenvalue weighted by Crippen LogP contribution is -2.46. The average Bonchev–Trinajstić information content (AvgIpc) is 2.58. The minimum atomic E-state index is -0.148. The Bertz CT molecular complexity index is 247. The summed E-state index contributed by atoms with van der Waals surface area (Å²) in [5, 5.41) is 13.2. The van der Waals surface area contributed by atoms with E-state index in [-0.39, 0.29) is 6.10 Å². The molecule has 1 heterocycles. The lowest BCUT2D eigenvalue weighted by molar-refractivity contribution is 0.120. The molecule has 3 atom stereocenters. The highest BCUT2D eigenvalue weighted by atomic mass is 16.3. The molecule has 108 valence electrons. The smallest absolute Gasteiger partial charge is 0.0682 e. The Labute approximate surface area is 112 Å².